The summed E-state index contributed by atoms with van der Waals surface area (Å²) in [4.78, 5) is 4.54. The molecule has 0 radical (unpaired) electrons. The van der Waals surface area contributed by atoms with Crippen LogP contribution in [0.2, 0.25) is 0 Å². The third kappa shape index (κ3) is 3.02. The number of hydrogen-bond donors (Lipinski definition) is 0. The van der Waals surface area contributed by atoms with Crippen molar-refractivity contribution in [1.29, 1.82) is 0 Å². The Hall–Kier alpha value is -1.43. The summed E-state index contributed by atoms with van der Waals surface area (Å²) in [5.74, 6) is 0. The SMILES string of the molecule is [Cl][Cr+][Cl].c1cnc2c(-[c-]3ccc4ccccc43)cccc2c1. The molecule has 0 atom stereocenters. The van der Waals surface area contributed by atoms with Crippen LogP contribution < -0.4 is 0 Å². The third-order valence-corrected chi connectivity index (χ3v) is 3.60. The van der Waals surface area contributed by atoms with Crippen molar-refractivity contribution in [3.05, 3.63) is 72.9 Å². The Kier molecular flexibility index (Phi) is 5.08. The first kappa shape index (κ1) is 15.5. The molecule has 109 valence electrons. The summed E-state index contributed by atoms with van der Waals surface area (Å²) in [6.07, 6.45) is 1.86. The molecule has 0 saturated heterocycles. The van der Waals surface area contributed by atoms with Crippen molar-refractivity contribution in [2.75, 3.05) is 0 Å². The summed E-state index contributed by atoms with van der Waals surface area (Å²) in [5, 5.41) is 3.76. The molecule has 0 aliphatic rings. The molecule has 4 heteroatoms. The van der Waals surface area contributed by atoms with E-state index < -0.39 is 0 Å². The van der Waals surface area contributed by atoms with E-state index in [0.717, 1.165) is 5.52 Å². The number of nitrogens with zero attached hydrogens (tertiary/aromatic N) is 1. The first-order valence-electron chi connectivity index (χ1n) is 6.73. The Morgan fingerprint density at radius 3 is 2.41 bits per heavy atom. The monoisotopic (exact) mass is 364 g/mol. The van der Waals surface area contributed by atoms with Crippen LogP contribution in [0.3, 0.4) is 0 Å². The average molecular weight is 365 g/mol. The van der Waals surface area contributed by atoms with Gasteiger partial charge in [0.15, 0.2) is 0 Å². The fourth-order valence-electron chi connectivity index (χ4n) is 2.71. The number of aromatic nitrogens is 1. The molecular weight excluding hydrogens is 353 g/mol. The van der Waals surface area contributed by atoms with E-state index in [1.807, 2.05) is 12.3 Å². The van der Waals surface area contributed by atoms with Gasteiger partial charge in [-0.3, -0.25) is 4.98 Å². The van der Waals surface area contributed by atoms with Gasteiger partial charge in [-0.25, -0.2) is 0 Å². The molecule has 0 N–H and O–H groups in total. The number of benzene rings is 2. The van der Waals surface area contributed by atoms with Gasteiger partial charge in [0.2, 0.25) is 0 Å². The minimum absolute atomic E-state index is 0.181. The van der Waals surface area contributed by atoms with Gasteiger partial charge in [0.1, 0.15) is 0 Å². The number of para-hydroxylation sites is 1. The summed E-state index contributed by atoms with van der Waals surface area (Å²) in [6.45, 7) is 0. The van der Waals surface area contributed by atoms with Gasteiger partial charge in [0.25, 0.3) is 0 Å². The van der Waals surface area contributed by atoms with Crippen LogP contribution >= 0.6 is 20.1 Å². The van der Waals surface area contributed by atoms with E-state index in [9.17, 15) is 0 Å². The van der Waals surface area contributed by atoms with E-state index in [0.29, 0.717) is 0 Å². The van der Waals surface area contributed by atoms with Crippen LogP contribution in [0.4, 0.5) is 0 Å². The van der Waals surface area contributed by atoms with Crippen molar-refractivity contribution >= 4 is 41.8 Å². The zero-order chi connectivity index (χ0) is 15.4. The van der Waals surface area contributed by atoms with Crippen LogP contribution in [0.5, 0.6) is 0 Å². The fraction of sp³-hybridized carbons (Fsp3) is 0. The predicted octanol–water partition coefficient (Wildman–Crippen LogP) is 6.15. The van der Waals surface area contributed by atoms with Crippen molar-refractivity contribution in [2.45, 2.75) is 0 Å². The quantitative estimate of drug-likeness (QED) is 0.369. The molecule has 0 aliphatic heterocycles. The molecule has 0 fully saturated rings. The van der Waals surface area contributed by atoms with Crippen molar-refractivity contribution in [3.63, 3.8) is 0 Å². The van der Waals surface area contributed by atoms with Crippen LogP contribution in [-0.2, 0) is 13.4 Å². The standard InChI is InChI=1S/C18H12N.2ClH.Cr/c1-2-8-15-13(5-1)10-11-16(15)17-9-3-6-14-7-4-12-19-18(14)17;;;/h1-12H;2*1H;/q-1;;;+3/p-2. The zero-order valence-electron chi connectivity index (χ0n) is 11.5. The molecular formula is C18H12Cl2CrN. The van der Waals surface area contributed by atoms with Gasteiger partial charge in [-0.15, -0.1) is 24.3 Å². The number of hydrogen-bond acceptors (Lipinski definition) is 1. The molecule has 22 heavy (non-hydrogen) atoms. The number of pyridine rings is 1. The molecule has 3 aromatic carbocycles. The maximum Gasteiger partial charge on any atom is 0.0237 e. The Balaban J connectivity index is 0.000000446. The Morgan fingerprint density at radius 2 is 1.55 bits per heavy atom. The molecule has 0 spiro atoms. The first-order chi connectivity index (χ1) is 10.8. The number of rotatable bonds is 1. The van der Waals surface area contributed by atoms with E-state index >= 15 is 0 Å². The van der Waals surface area contributed by atoms with E-state index in [1.165, 1.54) is 27.3 Å². The molecule has 1 nitrogen and oxygen atoms in total. The largest absolute Gasteiger partial charge is 0.288 e. The minimum atomic E-state index is -0.181. The number of fused-ring (bicyclic) bond motifs is 2. The van der Waals surface area contributed by atoms with Crippen molar-refractivity contribution in [3.8, 4) is 11.1 Å². The van der Waals surface area contributed by atoms with Crippen LogP contribution in [0, 0.1) is 0 Å². The van der Waals surface area contributed by atoms with Crippen LogP contribution in [0.15, 0.2) is 72.9 Å². The molecule has 1 aromatic heterocycles. The minimum Gasteiger partial charge on any atom is -0.288 e. The molecule has 0 saturated carbocycles. The van der Waals surface area contributed by atoms with Gasteiger partial charge in [-0.2, -0.15) is 0 Å². The second-order valence-electron chi connectivity index (χ2n) is 4.77. The molecule has 4 aromatic rings. The van der Waals surface area contributed by atoms with Crippen molar-refractivity contribution < 1.29 is 13.4 Å². The number of halogens is 2. The van der Waals surface area contributed by atoms with Gasteiger partial charge in [-0.05, 0) is 11.5 Å². The smallest absolute Gasteiger partial charge is 0.0237 e. The molecule has 0 amide bonds. The fourth-order valence-corrected chi connectivity index (χ4v) is 2.71. The zero-order valence-corrected chi connectivity index (χ0v) is 14.3. The first-order valence-corrected chi connectivity index (χ1v) is 10.2. The Morgan fingerprint density at radius 1 is 0.818 bits per heavy atom. The van der Waals surface area contributed by atoms with Crippen LogP contribution in [0.1, 0.15) is 0 Å². The normalized spacial score (nSPS) is 10.3. The summed E-state index contributed by atoms with van der Waals surface area (Å²) >= 11 is -0.181. The van der Waals surface area contributed by atoms with Crippen molar-refractivity contribution in [1.82, 2.24) is 4.98 Å². The Bertz CT molecular complexity index is 896. The van der Waals surface area contributed by atoms with E-state index in [-0.39, 0.29) is 13.4 Å². The summed E-state index contributed by atoms with van der Waals surface area (Å²) in [6, 6.07) is 23.3. The Labute approximate surface area is 144 Å². The average Bonchev–Trinajstić information content (AvgIpc) is 2.99. The van der Waals surface area contributed by atoms with Gasteiger partial charge < -0.3 is 0 Å². The van der Waals surface area contributed by atoms with Gasteiger partial charge in [0.05, 0.1) is 0 Å². The topological polar surface area (TPSA) is 12.9 Å². The molecule has 0 unspecified atom stereocenters. The summed E-state index contributed by atoms with van der Waals surface area (Å²) in [7, 11) is 9.65. The van der Waals surface area contributed by atoms with Crippen LogP contribution in [-0.4, -0.2) is 4.98 Å². The maximum atomic E-state index is 4.83. The van der Waals surface area contributed by atoms with Gasteiger partial charge in [-0.1, -0.05) is 58.3 Å². The second-order valence-corrected chi connectivity index (χ2v) is 6.88. The van der Waals surface area contributed by atoms with Gasteiger partial charge in [0, 0.05) is 11.7 Å². The van der Waals surface area contributed by atoms with Crippen molar-refractivity contribution in [2.24, 2.45) is 0 Å². The molecule has 4 rings (SSSR count). The van der Waals surface area contributed by atoms with E-state index in [1.54, 1.807) is 0 Å². The molecule has 0 bridgehead atoms. The summed E-state index contributed by atoms with van der Waals surface area (Å²) in [5.41, 5.74) is 3.54. The van der Waals surface area contributed by atoms with Gasteiger partial charge >= 0.3 is 33.5 Å². The molecule has 1 heterocycles. The predicted molar refractivity (Wildman–Crippen MR) is 92.0 cm³/mol. The summed E-state index contributed by atoms with van der Waals surface area (Å²) < 4.78 is 0. The molecule has 0 aliphatic carbocycles. The maximum absolute atomic E-state index is 4.83. The van der Waals surface area contributed by atoms with Crippen LogP contribution in [0.25, 0.3) is 32.8 Å². The third-order valence-electron chi connectivity index (χ3n) is 3.60. The van der Waals surface area contributed by atoms with E-state index in [4.69, 9.17) is 20.1 Å². The van der Waals surface area contributed by atoms with E-state index in [2.05, 4.69) is 65.6 Å². The second kappa shape index (κ2) is 7.22.